The van der Waals surface area contributed by atoms with Gasteiger partial charge in [0.05, 0.1) is 19.1 Å². The summed E-state index contributed by atoms with van der Waals surface area (Å²) in [5.41, 5.74) is -0.369. The maximum Gasteiger partial charge on any atom is 0.357 e. The molecule has 0 atom stereocenters. The third-order valence-corrected chi connectivity index (χ3v) is 5.14. The standard InChI is InChI=1S/C21H26FN7O4/c1-33-19(31)17-16(24-13-29(17)12-11-28-9-5-2-6-10-28)18(30)26-20(23)27-21(32)25-15-8-4-3-7-14(15)22/h3-4,7-8,13H,2,5-6,9-12H2,1H3,(H4,23,25,26,27,30,32). The summed E-state index contributed by atoms with van der Waals surface area (Å²) in [6.45, 7) is 3.08. The molecule has 2 aromatic rings. The molecule has 1 fully saturated rings. The van der Waals surface area contributed by atoms with Crippen LogP contribution in [-0.4, -0.2) is 65.1 Å². The van der Waals surface area contributed by atoms with Crippen molar-refractivity contribution in [2.24, 2.45) is 0 Å². The van der Waals surface area contributed by atoms with Gasteiger partial charge in [0.15, 0.2) is 11.4 Å². The molecule has 4 N–H and O–H groups in total. The van der Waals surface area contributed by atoms with Gasteiger partial charge < -0.3 is 19.5 Å². The van der Waals surface area contributed by atoms with Crippen LogP contribution in [0.5, 0.6) is 0 Å². The Morgan fingerprint density at radius 3 is 2.55 bits per heavy atom. The lowest BCUT2D eigenvalue weighted by atomic mass is 10.1. The van der Waals surface area contributed by atoms with Gasteiger partial charge in [-0.25, -0.2) is 19.0 Å². The number of piperidine rings is 1. The molecule has 0 bridgehead atoms. The average molecular weight is 459 g/mol. The van der Waals surface area contributed by atoms with Crippen molar-refractivity contribution < 1.29 is 23.5 Å². The molecular weight excluding hydrogens is 433 g/mol. The number of ether oxygens (including phenoxy) is 1. The number of carbonyl (C=O) groups excluding carboxylic acids is 3. The van der Waals surface area contributed by atoms with Crippen molar-refractivity contribution in [3.63, 3.8) is 0 Å². The van der Waals surface area contributed by atoms with Gasteiger partial charge in [-0.15, -0.1) is 0 Å². The Balaban J connectivity index is 1.62. The number of hydrogen-bond donors (Lipinski definition) is 4. The van der Waals surface area contributed by atoms with E-state index in [2.05, 4.69) is 25.8 Å². The number of nitrogens with one attached hydrogen (secondary N) is 4. The molecule has 1 aliphatic rings. The second-order valence-electron chi connectivity index (χ2n) is 7.42. The zero-order valence-electron chi connectivity index (χ0n) is 18.2. The Kier molecular flexibility index (Phi) is 8.08. The van der Waals surface area contributed by atoms with E-state index in [4.69, 9.17) is 10.1 Å². The number of rotatable bonds is 6. The lowest BCUT2D eigenvalue weighted by molar-refractivity contribution is 0.0582. The molecular formula is C21H26FN7O4. The van der Waals surface area contributed by atoms with Crippen molar-refractivity contribution in [1.29, 1.82) is 5.41 Å². The van der Waals surface area contributed by atoms with Crippen LogP contribution in [0.25, 0.3) is 0 Å². The summed E-state index contributed by atoms with van der Waals surface area (Å²) in [5, 5.41) is 14.3. The molecule has 0 saturated carbocycles. The molecule has 1 saturated heterocycles. The van der Waals surface area contributed by atoms with Gasteiger partial charge in [-0.2, -0.15) is 0 Å². The third-order valence-electron chi connectivity index (χ3n) is 5.14. The average Bonchev–Trinajstić information content (AvgIpc) is 3.23. The van der Waals surface area contributed by atoms with Gasteiger partial charge in [0.2, 0.25) is 5.96 Å². The SMILES string of the molecule is COC(=O)c1c(C(=O)NC(=N)NC(=O)Nc2ccccc2F)ncn1CCN1CCCCC1. The first-order chi connectivity index (χ1) is 15.9. The molecule has 176 valence electrons. The number of anilines is 1. The van der Waals surface area contributed by atoms with Crippen LogP contribution in [0.3, 0.4) is 0 Å². The fraction of sp³-hybridized carbons (Fsp3) is 0.381. The van der Waals surface area contributed by atoms with Crippen LogP contribution >= 0.6 is 0 Å². The molecule has 1 aromatic carbocycles. The Morgan fingerprint density at radius 1 is 1.12 bits per heavy atom. The topological polar surface area (TPSA) is 141 Å². The van der Waals surface area contributed by atoms with Crippen LogP contribution in [0.1, 0.15) is 40.2 Å². The first-order valence-electron chi connectivity index (χ1n) is 10.5. The number of guanidine groups is 1. The Labute approximate surface area is 189 Å². The molecule has 1 aromatic heterocycles. The molecule has 3 amide bonds. The van der Waals surface area contributed by atoms with Gasteiger partial charge in [-0.05, 0) is 38.1 Å². The van der Waals surface area contributed by atoms with Crippen LogP contribution in [-0.2, 0) is 11.3 Å². The van der Waals surface area contributed by atoms with E-state index in [9.17, 15) is 18.8 Å². The molecule has 0 radical (unpaired) electrons. The Bertz CT molecular complexity index is 1030. The van der Waals surface area contributed by atoms with Gasteiger partial charge in [-0.3, -0.25) is 20.8 Å². The van der Waals surface area contributed by atoms with Gasteiger partial charge in [0, 0.05) is 13.1 Å². The van der Waals surface area contributed by atoms with Crippen molar-refractivity contribution in [3.05, 3.63) is 47.8 Å². The van der Waals surface area contributed by atoms with E-state index in [1.54, 1.807) is 0 Å². The second-order valence-corrected chi connectivity index (χ2v) is 7.42. The number of nitrogens with zero attached hydrogens (tertiary/aromatic N) is 3. The van der Waals surface area contributed by atoms with E-state index in [0.717, 1.165) is 25.9 Å². The number of benzene rings is 1. The van der Waals surface area contributed by atoms with E-state index >= 15 is 0 Å². The zero-order chi connectivity index (χ0) is 23.8. The first-order valence-corrected chi connectivity index (χ1v) is 10.5. The van der Waals surface area contributed by atoms with Gasteiger partial charge >= 0.3 is 12.0 Å². The van der Waals surface area contributed by atoms with Crippen LogP contribution in [0, 0.1) is 11.2 Å². The summed E-state index contributed by atoms with van der Waals surface area (Å²) in [6, 6.07) is 4.58. The van der Waals surface area contributed by atoms with Crippen molar-refractivity contribution >= 4 is 29.6 Å². The van der Waals surface area contributed by atoms with E-state index in [-0.39, 0.29) is 17.1 Å². The summed E-state index contributed by atoms with van der Waals surface area (Å²) in [7, 11) is 1.20. The van der Waals surface area contributed by atoms with Gasteiger partial charge in [0.1, 0.15) is 5.82 Å². The van der Waals surface area contributed by atoms with Gasteiger partial charge in [-0.1, -0.05) is 18.6 Å². The smallest absolute Gasteiger partial charge is 0.357 e. The summed E-state index contributed by atoms with van der Waals surface area (Å²) in [4.78, 5) is 43.2. The molecule has 0 spiro atoms. The minimum Gasteiger partial charge on any atom is -0.464 e. The maximum absolute atomic E-state index is 13.6. The highest BCUT2D eigenvalue weighted by atomic mass is 19.1. The normalized spacial score (nSPS) is 13.8. The van der Waals surface area contributed by atoms with Crippen LogP contribution in [0.4, 0.5) is 14.9 Å². The molecule has 1 aliphatic heterocycles. The zero-order valence-corrected chi connectivity index (χ0v) is 18.2. The fourth-order valence-electron chi connectivity index (χ4n) is 3.49. The number of esters is 1. The predicted molar refractivity (Wildman–Crippen MR) is 118 cm³/mol. The predicted octanol–water partition coefficient (Wildman–Crippen LogP) is 1.78. The van der Waals surface area contributed by atoms with Crippen LogP contribution < -0.4 is 16.0 Å². The highest BCUT2D eigenvalue weighted by molar-refractivity contribution is 6.12. The lowest BCUT2D eigenvalue weighted by Gasteiger charge is -2.26. The van der Waals surface area contributed by atoms with Crippen molar-refractivity contribution in [2.75, 3.05) is 32.1 Å². The number of halogens is 1. The summed E-state index contributed by atoms with van der Waals surface area (Å²) in [5.74, 6) is -2.94. The number of imidazole rings is 1. The first kappa shape index (κ1) is 23.9. The van der Waals surface area contributed by atoms with Gasteiger partial charge in [0.25, 0.3) is 5.91 Å². The molecule has 12 heteroatoms. The monoisotopic (exact) mass is 459 g/mol. The molecule has 11 nitrogen and oxygen atoms in total. The van der Waals surface area contributed by atoms with Crippen molar-refractivity contribution in [2.45, 2.75) is 25.8 Å². The number of aromatic nitrogens is 2. The van der Waals surface area contributed by atoms with E-state index in [1.165, 1.54) is 48.7 Å². The molecule has 0 unspecified atom stereocenters. The Morgan fingerprint density at radius 2 is 1.85 bits per heavy atom. The number of methoxy groups -OCH3 is 1. The largest absolute Gasteiger partial charge is 0.464 e. The van der Waals surface area contributed by atoms with Crippen molar-refractivity contribution in [3.8, 4) is 0 Å². The number of amides is 3. The summed E-state index contributed by atoms with van der Waals surface area (Å²) >= 11 is 0. The fourth-order valence-corrected chi connectivity index (χ4v) is 3.49. The number of likely N-dealkylation sites (tertiary alicyclic amines) is 1. The van der Waals surface area contributed by atoms with E-state index in [1.807, 2.05) is 0 Å². The maximum atomic E-state index is 13.6. The molecule has 0 aliphatic carbocycles. The third kappa shape index (κ3) is 6.35. The van der Waals surface area contributed by atoms with E-state index < -0.39 is 29.7 Å². The highest BCUT2D eigenvalue weighted by Gasteiger charge is 2.26. The highest BCUT2D eigenvalue weighted by Crippen LogP contribution is 2.13. The van der Waals surface area contributed by atoms with Crippen molar-refractivity contribution in [1.82, 2.24) is 25.1 Å². The molecule has 33 heavy (non-hydrogen) atoms. The van der Waals surface area contributed by atoms with Crippen LogP contribution in [0.2, 0.25) is 0 Å². The summed E-state index contributed by atoms with van der Waals surface area (Å²) < 4.78 is 20.0. The molecule has 3 rings (SSSR count). The summed E-state index contributed by atoms with van der Waals surface area (Å²) in [6.07, 6.45) is 4.83. The number of para-hydroxylation sites is 1. The molecule has 2 heterocycles. The lowest BCUT2D eigenvalue weighted by Crippen LogP contribution is -2.45. The number of carbonyl (C=O) groups is 3. The minimum atomic E-state index is -0.925. The number of urea groups is 1. The number of hydrogen-bond acceptors (Lipinski definition) is 7. The Hall–Kier alpha value is -3.80. The van der Waals surface area contributed by atoms with E-state index in [0.29, 0.717) is 13.1 Å². The minimum absolute atomic E-state index is 0.0457. The van der Waals surface area contributed by atoms with Crippen LogP contribution in [0.15, 0.2) is 30.6 Å². The second kappa shape index (κ2) is 11.2. The quantitative estimate of drug-likeness (QED) is 0.295.